The zero-order chi connectivity index (χ0) is 15.8. The van der Waals surface area contributed by atoms with E-state index in [1.807, 2.05) is 13.8 Å². The van der Waals surface area contributed by atoms with Crippen molar-refractivity contribution in [3.05, 3.63) is 0 Å². The smallest absolute Gasteiger partial charge is 0.223 e. The van der Waals surface area contributed by atoms with Gasteiger partial charge in [0.15, 0.2) is 0 Å². The number of nitrogens with zero attached hydrogens (tertiary/aromatic N) is 1. The molecule has 0 aliphatic carbocycles. The van der Waals surface area contributed by atoms with Gasteiger partial charge in [0, 0.05) is 24.1 Å². The molecule has 1 aliphatic rings. The minimum atomic E-state index is -0.161. The zero-order valence-electron chi connectivity index (χ0n) is 14.7. The first-order valence-corrected chi connectivity index (χ1v) is 7.82. The molecule has 1 fully saturated rings. The van der Waals surface area contributed by atoms with E-state index < -0.39 is 0 Å². The Kier molecular flexibility index (Phi) is 4.95. The highest BCUT2D eigenvalue weighted by atomic mass is 16.5. The van der Waals surface area contributed by atoms with Gasteiger partial charge in [0.1, 0.15) is 0 Å². The highest BCUT2D eigenvalue weighted by molar-refractivity contribution is 5.79. The van der Waals surface area contributed by atoms with Crippen LogP contribution in [0.5, 0.6) is 0 Å². The fraction of sp³-hybridized carbons (Fsp3) is 0.941. The summed E-state index contributed by atoms with van der Waals surface area (Å²) in [6.07, 6.45) is 2.81. The van der Waals surface area contributed by atoms with Crippen molar-refractivity contribution in [1.82, 2.24) is 4.90 Å². The van der Waals surface area contributed by atoms with E-state index in [2.05, 4.69) is 46.4 Å². The van der Waals surface area contributed by atoms with Crippen molar-refractivity contribution in [2.45, 2.75) is 91.8 Å². The van der Waals surface area contributed by atoms with Gasteiger partial charge in [-0.1, -0.05) is 13.8 Å². The molecule has 0 bridgehead atoms. The summed E-state index contributed by atoms with van der Waals surface area (Å²) >= 11 is 0. The van der Waals surface area contributed by atoms with Crippen molar-refractivity contribution >= 4 is 5.91 Å². The summed E-state index contributed by atoms with van der Waals surface area (Å²) in [5.74, 6) is 0.279. The quantitative estimate of drug-likeness (QED) is 0.763. The molecule has 0 saturated carbocycles. The van der Waals surface area contributed by atoms with Crippen LogP contribution in [0.3, 0.4) is 0 Å². The molecule has 1 heterocycles. The van der Waals surface area contributed by atoms with Crippen LogP contribution in [0.2, 0.25) is 0 Å². The van der Waals surface area contributed by atoms with Crippen LogP contribution in [-0.2, 0) is 9.53 Å². The number of rotatable bonds is 5. The number of ether oxygens (including phenoxy) is 1. The molecule has 0 N–H and O–H groups in total. The zero-order valence-corrected chi connectivity index (χ0v) is 14.7. The molecular weight excluding hydrogens is 250 g/mol. The molecule has 1 saturated heterocycles. The second-order valence-corrected chi connectivity index (χ2v) is 8.54. The summed E-state index contributed by atoms with van der Waals surface area (Å²) < 4.78 is 5.67. The molecule has 20 heavy (non-hydrogen) atoms. The molecule has 0 aromatic carbocycles. The lowest BCUT2D eigenvalue weighted by atomic mass is 9.71. The van der Waals surface area contributed by atoms with E-state index in [9.17, 15) is 4.79 Å². The number of likely N-dealkylation sites (tertiary alicyclic amines) is 1. The van der Waals surface area contributed by atoms with E-state index in [-0.39, 0.29) is 28.5 Å². The lowest BCUT2D eigenvalue weighted by Gasteiger charge is -2.55. The number of amides is 1. The van der Waals surface area contributed by atoms with E-state index in [0.717, 1.165) is 12.8 Å². The molecule has 3 heteroatoms. The normalized spacial score (nSPS) is 22.4. The lowest BCUT2D eigenvalue weighted by Crippen LogP contribution is -2.63. The Labute approximate surface area is 125 Å². The van der Waals surface area contributed by atoms with Crippen molar-refractivity contribution in [3.63, 3.8) is 0 Å². The summed E-state index contributed by atoms with van der Waals surface area (Å²) in [7, 11) is 0. The maximum absolute atomic E-state index is 12.7. The molecule has 0 atom stereocenters. The van der Waals surface area contributed by atoms with Crippen LogP contribution in [0.4, 0.5) is 0 Å². The van der Waals surface area contributed by atoms with E-state index in [1.54, 1.807) is 0 Å². The Morgan fingerprint density at radius 3 is 2.25 bits per heavy atom. The summed E-state index contributed by atoms with van der Waals surface area (Å²) in [5.41, 5.74) is -0.159. The van der Waals surface area contributed by atoms with E-state index in [4.69, 9.17) is 4.74 Å². The van der Waals surface area contributed by atoms with Crippen LogP contribution in [0.25, 0.3) is 0 Å². The van der Waals surface area contributed by atoms with Gasteiger partial charge >= 0.3 is 0 Å². The lowest BCUT2D eigenvalue weighted by molar-refractivity contribution is -0.157. The predicted octanol–water partition coefficient (Wildman–Crippen LogP) is 4.01. The third kappa shape index (κ3) is 4.21. The first kappa shape index (κ1) is 17.5. The maximum atomic E-state index is 12.7. The van der Waals surface area contributed by atoms with Crippen LogP contribution in [-0.4, -0.2) is 34.6 Å². The fourth-order valence-corrected chi connectivity index (χ4v) is 3.95. The maximum Gasteiger partial charge on any atom is 0.223 e. The summed E-state index contributed by atoms with van der Waals surface area (Å²) in [6.45, 7) is 17.9. The van der Waals surface area contributed by atoms with Gasteiger partial charge in [-0.2, -0.15) is 0 Å². The molecule has 1 rings (SSSR count). The van der Waals surface area contributed by atoms with Gasteiger partial charge < -0.3 is 9.64 Å². The Bertz CT molecular complexity index is 356. The van der Waals surface area contributed by atoms with Gasteiger partial charge in [-0.15, -0.1) is 0 Å². The number of carbonyl (C=O) groups is 1. The average molecular weight is 283 g/mol. The van der Waals surface area contributed by atoms with Crippen LogP contribution in [0, 0.1) is 5.41 Å². The predicted molar refractivity (Wildman–Crippen MR) is 83.7 cm³/mol. The molecule has 0 aromatic heterocycles. The minimum Gasteiger partial charge on any atom is -0.379 e. The number of carbonyl (C=O) groups excluding carboxylic acids is 1. The first-order chi connectivity index (χ1) is 8.87. The Morgan fingerprint density at radius 1 is 1.25 bits per heavy atom. The summed E-state index contributed by atoms with van der Waals surface area (Å²) in [6, 6.07) is 0. The van der Waals surface area contributed by atoms with Crippen molar-refractivity contribution in [1.29, 1.82) is 0 Å². The molecule has 0 radical (unpaired) electrons. The molecule has 0 spiro atoms. The van der Waals surface area contributed by atoms with Crippen molar-refractivity contribution < 1.29 is 9.53 Å². The molecular formula is C17H33NO2. The molecule has 3 nitrogen and oxygen atoms in total. The highest BCUT2D eigenvalue weighted by Crippen LogP contribution is 2.44. The van der Waals surface area contributed by atoms with Gasteiger partial charge in [-0.3, -0.25) is 4.79 Å². The second kappa shape index (κ2) is 5.67. The van der Waals surface area contributed by atoms with Gasteiger partial charge in [-0.25, -0.2) is 0 Å². The standard InChI is InChI=1S/C17H33NO2/c1-13(2)20-10-9-16(5,6)18-14(19)11-15(3,4)12-17(18,7)8/h13H,9-12H2,1-8H3. The van der Waals surface area contributed by atoms with Crippen LogP contribution in [0.15, 0.2) is 0 Å². The average Bonchev–Trinajstić information content (AvgIpc) is 2.09. The van der Waals surface area contributed by atoms with Crippen LogP contribution < -0.4 is 0 Å². The van der Waals surface area contributed by atoms with Gasteiger partial charge in [0.2, 0.25) is 5.91 Å². The Morgan fingerprint density at radius 2 is 1.80 bits per heavy atom. The molecule has 118 valence electrons. The largest absolute Gasteiger partial charge is 0.379 e. The number of hydrogen-bond donors (Lipinski definition) is 0. The molecule has 1 aliphatic heterocycles. The van der Waals surface area contributed by atoms with Crippen molar-refractivity contribution in [2.75, 3.05) is 6.61 Å². The summed E-state index contributed by atoms with van der Waals surface area (Å²) in [5, 5.41) is 0. The van der Waals surface area contributed by atoms with Gasteiger partial charge in [-0.05, 0) is 59.8 Å². The second-order valence-electron chi connectivity index (χ2n) is 8.54. The minimum absolute atomic E-state index is 0.0971. The van der Waals surface area contributed by atoms with Crippen molar-refractivity contribution in [3.8, 4) is 0 Å². The monoisotopic (exact) mass is 283 g/mol. The first-order valence-electron chi connectivity index (χ1n) is 7.82. The fourth-order valence-electron chi connectivity index (χ4n) is 3.95. The topological polar surface area (TPSA) is 29.5 Å². The van der Waals surface area contributed by atoms with Gasteiger partial charge in [0.25, 0.3) is 0 Å². The SMILES string of the molecule is CC(C)OCCC(C)(C)N1C(=O)CC(C)(C)CC1(C)C. The van der Waals surface area contributed by atoms with Crippen LogP contribution >= 0.6 is 0 Å². The highest BCUT2D eigenvalue weighted by Gasteiger charge is 2.48. The van der Waals surface area contributed by atoms with E-state index >= 15 is 0 Å². The van der Waals surface area contributed by atoms with E-state index in [1.165, 1.54) is 0 Å². The molecule has 0 unspecified atom stereocenters. The van der Waals surface area contributed by atoms with E-state index in [0.29, 0.717) is 13.0 Å². The number of hydrogen-bond acceptors (Lipinski definition) is 2. The Balaban J connectivity index is 2.84. The molecule has 0 aromatic rings. The third-order valence-electron chi connectivity index (χ3n) is 4.17. The Hall–Kier alpha value is -0.570. The summed E-state index contributed by atoms with van der Waals surface area (Å²) in [4.78, 5) is 14.8. The van der Waals surface area contributed by atoms with Crippen molar-refractivity contribution in [2.24, 2.45) is 5.41 Å². The third-order valence-corrected chi connectivity index (χ3v) is 4.17. The molecule has 1 amide bonds. The number of piperidine rings is 1. The van der Waals surface area contributed by atoms with Gasteiger partial charge in [0.05, 0.1) is 6.10 Å². The van der Waals surface area contributed by atoms with Crippen LogP contribution in [0.1, 0.15) is 74.7 Å².